The third-order valence-electron chi connectivity index (χ3n) is 3.02. The van der Waals surface area contributed by atoms with Gasteiger partial charge in [-0.25, -0.2) is 0 Å². The molecule has 2 nitrogen and oxygen atoms in total. The van der Waals surface area contributed by atoms with Crippen LogP contribution in [0.1, 0.15) is 13.3 Å². The molecule has 0 N–H and O–H groups in total. The lowest BCUT2D eigenvalue weighted by molar-refractivity contribution is -0.130. The Labute approximate surface area is 97.6 Å². The molecule has 0 aromatic heterocycles. The van der Waals surface area contributed by atoms with Crippen LogP contribution >= 0.6 is 0 Å². The van der Waals surface area contributed by atoms with Gasteiger partial charge >= 0.3 is 0 Å². The van der Waals surface area contributed by atoms with Gasteiger partial charge in [0, 0.05) is 6.54 Å². The van der Waals surface area contributed by atoms with Gasteiger partial charge in [-0.2, -0.15) is 0 Å². The smallest absolute Gasteiger partial charge is 0.230 e. The van der Waals surface area contributed by atoms with Crippen molar-refractivity contribution >= 4 is 5.91 Å². The molecule has 2 atom stereocenters. The van der Waals surface area contributed by atoms with Crippen LogP contribution in [-0.4, -0.2) is 23.4 Å². The maximum atomic E-state index is 12.0. The number of carbonyl (C=O) groups excluding carboxylic acids is 1. The standard InChI is InChI=1S/C14H19NO/c1-6-12-8-13(7-2)15(14(12)16)9-11(5)10(3)4/h6-7,12-13H,1-3,5,8-9H2,4H3. The van der Waals surface area contributed by atoms with Crippen molar-refractivity contribution in [3.8, 4) is 0 Å². The molecule has 0 bridgehead atoms. The van der Waals surface area contributed by atoms with Crippen LogP contribution in [0.4, 0.5) is 0 Å². The summed E-state index contributed by atoms with van der Waals surface area (Å²) >= 11 is 0. The second-order valence-corrected chi connectivity index (χ2v) is 4.23. The minimum absolute atomic E-state index is 0.0825. The second-order valence-electron chi connectivity index (χ2n) is 4.23. The number of carbonyl (C=O) groups is 1. The highest BCUT2D eigenvalue weighted by atomic mass is 16.2. The SMILES string of the molecule is C=CC1CC(C=C)N(CC(=C)C(=C)C)C1=O. The molecule has 16 heavy (non-hydrogen) atoms. The van der Waals surface area contributed by atoms with Crippen LogP contribution in [0, 0.1) is 5.92 Å². The number of rotatable bonds is 5. The molecule has 0 saturated carbocycles. The van der Waals surface area contributed by atoms with Gasteiger partial charge in [0.2, 0.25) is 5.91 Å². The molecule has 0 aliphatic carbocycles. The Morgan fingerprint density at radius 1 is 1.44 bits per heavy atom. The first-order valence-electron chi connectivity index (χ1n) is 5.40. The van der Waals surface area contributed by atoms with E-state index < -0.39 is 0 Å². The Kier molecular flexibility index (Phi) is 3.88. The predicted octanol–water partition coefficient (Wildman–Crippen LogP) is 2.71. The maximum absolute atomic E-state index is 12.0. The average Bonchev–Trinajstić information content (AvgIpc) is 2.55. The summed E-state index contributed by atoms with van der Waals surface area (Å²) in [7, 11) is 0. The molecule has 0 aromatic rings. The van der Waals surface area contributed by atoms with Gasteiger partial charge in [-0.05, 0) is 18.9 Å². The zero-order chi connectivity index (χ0) is 12.3. The van der Waals surface area contributed by atoms with Crippen molar-refractivity contribution in [1.82, 2.24) is 4.90 Å². The van der Waals surface area contributed by atoms with Crippen molar-refractivity contribution in [1.29, 1.82) is 0 Å². The molecule has 1 aliphatic heterocycles. The fourth-order valence-corrected chi connectivity index (χ4v) is 1.82. The molecule has 0 spiro atoms. The van der Waals surface area contributed by atoms with E-state index in [1.165, 1.54) is 0 Å². The Bertz CT molecular complexity index is 354. The monoisotopic (exact) mass is 217 g/mol. The summed E-state index contributed by atoms with van der Waals surface area (Å²) < 4.78 is 0. The van der Waals surface area contributed by atoms with Gasteiger partial charge in [0.25, 0.3) is 0 Å². The normalized spacial score (nSPS) is 24.3. The van der Waals surface area contributed by atoms with Gasteiger partial charge in [-0.1, -0.05) is 30.9 Å². The molecule has 1 aliphatic rings. The molecule has 2 heteroatoms. The molecule has 1 heterocycles. The minimum atomic E-state index is -0.0825. The van der Waals surface area contributed by atoms with Crippen LogP contribution in [0.5, 0.6) is 0 Å². The first-order valence-corrected chi connectivity index (χ1v) is 5.40. The van der Waals surface area contributed by atoms with Gasteiger partial charge in [0.1, 0.15) is 0 Å². The maximum Gasteiger partial charge on any atom is 0.230 e. The van der Waals surface area contributed by atoms with E-state index in [1.54, 1.807) is 11.0 Å². The van der Waals surface area contributed by atoms with Gasteiger partial charge in [0.05, 0.1) is 12.0 Å². The lowest BCUT2D eigenvalue weighted by atomic mass is 10.1. The largest absolute Gasteiger partial charge is 0.331 e. The first kappa shape index (κ1) is 12.5. The number of likely N-dealkylation sites (tertiary alicyclic amines) is 1. The molecular formula is C14H19NO. The predicted molar refractivity (Wildman–Crippen MR) is 68.0 cm³/mol. The Morgan fingerprint density at radius 2 is 2.06 bits per heavy atom. The quantitative estimate of drug-likeness (QED) is 0.512. The summed E-state index contributed by atoms with van der Waals surface area (Å²) in [4.78, 5) is 13.8. The van der Waals surface area contributed by atoms with E-state index in [9.17, 15) is 4.79 Å². The first-order chi connectivity index (χ1) is 7.51. The van der Waals surface area contributed by atoms with E-state index in [2.05, 4.69) is 26.3 Å². The molecule has 86 valence electrons. The summed E-state index contributed by atoms with van der Waals surface area (Å²) in [5.41, 5.74) is 1.81. The van der Waals surface area contributed by atoms with Crippen LogP contribution in [0.15, 0.2) is 49.6 Å². The highest BCUT2D eigenvalue weighted by Crippen LogP contribution is 2.27. The topological polar surface area (TPSA) is 20.3 Å². The van der Waals surface area contributed by atoms with Crippen molar-refractivity contribution in [2.75, 3.05) is 6.54 Å². The fraction of sp³-hybridized carbons (Fsp3) is 0.357. The molecule has 0 radical (unpaired) electrons. The van der Waals surface area contributed by atoms with Gasteiger partial charge in [0.15, 0.2) is 0 Å². The Hall–Kier alpha value is -1.57. The van der Waals surface area contributed by atoms with Crippen LogP contribution in [-0.2, 0) is 4.79 Å². The highest BCUT2D eigenvalue weighted by molar-refractivity contribution is 5.83. The van der Waals surface area contributed by atoms with E-state index >= 15 is 0 Å². The van der Waals surface area contributed by atoms with E-state index in [1.807, 2.05) is 13.0 Å². The van der Waals surface area contributed by atoms with Crippen LogP contribution in [0.2, 0.25) is 0 Å². The summed E-state index contributed by atoms with van der Waals surface area (Å²) in [6.45, 7) is 17.6. The van der Waals surface area contributed by atoms with Crippen molar-refractivity contribution in [2.24, 2.45) is 5.92 Å². The van der Waals surface area contributed by atoms with E-state index in [0.717, 1.165) is 17.6 Å². The molecular weight excluding hydrogens is 198 g/mol. The Morgan fingerprint density at radius 3 is 2.50 bits per heavy atom. The third-order valence-corrected chi connectivity index (χ3v) is 3.02. The van der Waals surface area contributed by atoms with Gasteiger partial charge in [-0.3, -0.25) is 4.79 Å². The van der Waals surface area contributed by atoms with Crippen molar-refractivity contribution in [3.63, 3.8) is 0 Å². The lowest BCUT2D eigenvalue weighted by Gasteiger charge is -2.23. The summed E-state index contributed by atoms with van der Waals surface area (Å²) in [5, 5.41) is 0. The number of nitrogens with zero attached hydrogens (tertiary/aromatic N) is 1. The molecule has 0 aromatic carbocycles. The van der Waals surface area contributed by atoms with Crippen LogP contribution < -0.4 is 0 Å². The van der Waals surface area contributed by atoms with Crippen molar-refractivity contribution in [3.05, 3.63) is 49.6 Å². The number of amides is 1. The van der Waals surface area contributed by atoms with E-state index in [0.29, 0.717) is 6.54 Å². The fourth-order valence-electron chi connectivity index (χ4n) is 1.82. The summed E-state index contributed by atoms with van der Waals surface area (Å²) in [6, 6.07) is 0.0894. The Balaban J connectivity index is 2.81. The molecule has 1 saturated heterocycles. The van der Waals surface area contributed by atoms with Gasteiger partial charge in [-0.15, -0.1) is 13.2 Å². The van der Waals surface area contributed by atoms with Crippen LogP contribution in [0.3, 0.4) is 0 Å². The zero-order valence-corrected chi connectivity index (χ0v) is 9.91. The minimum Gasteiger partial charge on any atom is -0.331 e. The molecule has 1 rings (SSSR count). The molecule has 1 fully saturated rings. The zero-order valence-electron chi connectivity index (χ0n) is 9.91. The van der Waals surface area contributed by atoms with E-state index in [-0.39, 0.29) is 17.9 Å². The van der Waals surface area contributed by atoms with Crippen molar-refractivity contribution in [2.45, 2.75) is 19.4 Å². The number of hydrogen-bond acceptors (Lipinski definition) is 1. The number of hydrogen-bond donors (Lipinski definition) is 0. The van der Waals surface area contributed by atoms with Gasteiger partial charge < -0.3 is 4.90 Å². The summed E-state index contributed by atoms with van der Waals surface area (Å²) in [5.74, 6) is 0.0308. The second kappa shape index (κ2) is 4.97. The summed E-state index contributed by atoms with van der Waals surface area (Å²) in [6.07, 6.45) is 4.30. The lowest BCUT2D eigenvalue weighted by Crippen LogP contribution is -2.34. The highest BCUT2D eigenvalue weighted by Gasteiger charge is 2.36. The van der Waals surface area contributed by atoms with E-state index in [4.69, 9.17) is 0 Å². The third kappa shape index (κ3) is 2.32. The van der Waals surface area contributed by atoms with Crippen LogP contribution in [0.25, 0.3) is 0 Å². The van der Waals surface area contributed by atoms with Crippen molar-refractivity contribution < 1.29 is 4.79 Å². The molecule has 2 unspecified atom stereocenters. The molecule has 1 amide bonds. The average molecular weight is 217 g/mol.